The summed E-state index contributed by atoms with van der Waals surface area (Å²) >= 11 is 0. The van der Waals surface area contributed by atoms with Crippen LogP contribution in [0.2, 0.25) is 0 Å². The van der Waals surface area contributed by atoms with Crippen molar-refractivity contribution in [2.75, 3.05) is 26.0 Å². The molecule has 0 spiro atoms. The molecule has 184 valence electrons. The van der Waals surface area contributed by atoms with Gasteiger partial charge in [-0.15, -0.1) is 0 Å². The number of nitrogens with zero attached hydrogens (tertiary/aromatic N) is 2. The van der Waals surface area contributed by atoms with Gasteiger partial charge >= 0.3 is 6.03 Å². The van der Waals surface area contributed by atoms with Crippen molar-refractivity contribution in [3.63, 3.8) is 0 Å². The Morgan fingerprint density at radius 3 is 2.40 bits per heavy atom. The predicted molar refractivity (Wildman–Crippen MR) is 129 cm³/mol. The molecule has 2 aliphatic heterocycles. The summed E-state index contributed by atoms with van der Waals surface area (Å²) in [5.41, 5.74) is 2.20. The topological polar surface area (TPSA) is 91.0 Å². The molecule has 0 radical (unpaired) electrons. The van der Waals surface area contributed by atoms with E-state index in [2.05, 4.69) is 10.6 Å². The first-order chi connectivity index (χ1) is 16.7. The van der Waals surface area contributed by atoms with E-state index in [1.54, 1.807) is 26.3 Å². The van der Waals surface area contributed by atoms with Gasteiger partial charge in [-0.25, -0.2) is 9.18 Å². The van der Waals surface area contributed by atoms with E-state index in [4.69, 9.17) is 4.74 Å². The highest BCUT2D eigenvalue weighted by atomic mass is 19.1. The summed E-state index contributed by atoms with van der Waals surface area (Å²) in [6, 6.07) is 10.9. The number of ether oxygens (including phenoxy) is 1. The third-order valence-corrected chi connectivity index (χ3v) is 6.32. The number of halogens is 1. The fourth-order valence-electron chi connectivity index (χ4n) is 4.47. The van der Waals surface area contributed by atoms with Crippen LogP contribution in [0.4, 0.5) is 14.9 Å². The Balaban J connectivity index is 1.64. The second-order valence-corrected chi connectivity index (χ2v) is 9.15. The fraction of sp³-hybridized carbons (Fsp3) is 0.346. The first-order valence-electron chi connectivity index (χ1n) is 11.5. The monoisotopic (exact) mass is 480 g/mol. The number of carbonyl (C=O) groups excluding carboxylic acids is 3. The van der Waals surface area contributed by atoms with E-state index in [0.29, 0.717) is 29.1 Å². The SMILES string of the molecule is COc1ccc([C@H]2NC(=O)N(C)C3=C2C(=O)N([C@H](CC(C)C)C(=O)Nc2ccc(F)cc2)C3)cc1. The Kier molecular flexibility index (Phi) is 6.77. The largest absolute Gasteiger partial charge is 0.497 e. The van der Waals surface area contributed by atoms with Crippen LogP contribution in [-0.4, -0.2) is 54.4 Å². The standard InChI is InChI=1S/C26H29FN4O4/c1-15(2)13-20(24(32)28-18-9-7-17(27)8-10-18)31-14-21-22(25(31)33)23(29-26(34)30(21)3)16-5-11-19(35-4)12-6-16/h5-12,15,20,23H,13-14H2,1-4H3,(H,28,32)(H,29,34)/t20-,23-/m1/s1. The van der Waals surface area contributed by atoms with Gasteiger partial charge in [0.2, 0.25) is 5.91 Å². The zero-order chi connectivity index (χ0) is 25.3. The summed E-state index contributed by atoms with van der Waals surface area (Å²) in [6.07, 6.45) is 0.428. The van der Waals surface area contributed by atoms with E-state index in [-0.39, 0.29) is 30.3 Å². The number of hydrogen-bond acceptors (Lipinski definition) is 4. The molecule has 0 fully saturated rings. The average molecular weight is 481 g/mol. The molecule has 0 saturated heterocycles. The maximum Gasteiger partial charge on any atom is 0.322 e. The molecule has 2 aromatic rings. The van der Waals surface area contributed by atoms with Gasteiger partial charge in [-0.2, -0.15) is 0 Å². The minimum absolute atomic E-state index is 0.124. The molecule has 8 nitrogen and oxygen atoms in total. The number of carbonyl (C=O) groups is 3. The van der Waals surface area contributed by atoms with E-state index >= 15 is 0 Å². The van der Waals surface area contributed by atoms with Crippen LogP contribution < -0.4 is 15.4 Å². The normalized spacial score (nSPS) is 18.5. The number of urea groups is 1. The molecule has 2 aliphatic rings. The number of hydrogen-bond donors (Lipinski definition) is 2. The average Bonchev–Trinajstić information content (AvgIpc) is 3.18. The molecule has 0 saturated carbocycles. The zero-order valence-corrected chi connectivity index (χ0v) is 20.2. The highest BCUT2D eigenvalue weighted by Crippen LogP contribution is 2.37. The van der Waals surface area contributed by atoms with Crippen molar-refractivity contribution >= 4 is 23.5 Å². The van der Waals surface area contributed by atoms with Crippen LogP contribution in [0.3, 0.4) is 0 Å². The van der Waals surface area contributed by atoms with Gasteiger partial charge in [0.25, 0.3) is 5.91 Å². The third kappa shape index (κ3) is 4.84. The van der Waals surface area contributed by atoms with E-state index in [1.807, 2.05) is 26.0 Å². The molecule has 0 bridgehead atoms. The molecule has 2 N–H and O–H groups in total. The molecule has 2 atom stereocenters. The van der Waals surface area contributed by atoms with Gasteiger partial charge in [-0.3, -0.25) is 14.5 Å². The highest BCUT2D eigenvalue weighted by molar-refractivity contribution is 6.05. The minimum Gasteiger partial charge on any atom is -0.497 e. The molecule has 0 aromatic heterocycles. The molecular weight excluding hydrogens is 451 g/mol. The van der Waals surface area contributed by atoms with Crippen molar-refractivity contribution in [3.8, 4) is 5.75 Å². The maximum atomic E-state index is 13.8. The Morgan fingerprint density at radius 1 is 1.14 bits per heavy atom. The third-order valence-electron chi connectivity index (χ3n) is 6.32. The van der Waals surface area contributed by atoms with Crippen molar-refractivity contribution in [1.82, 2.24) is 15.1 Å². The Hall–Kier alpha value is -3.88. The van der Waals surface area contributed by atoms with Crippen LogP contribution in [0.25, 0.3) is 0 Å². The quantitative estimate of drug-likeness (QED) is 0.633. The van der Waals surface area contributed by atoms with Crippen LogP contribution in [-0.2, 0) is 9.59 Å². The lowest BCUT2D eigenvalue weighted by molar-refractivity contribution is -0.134. The van der Waals surface area contributed by atoms with E-state index in [1.165, 1.54) is 34.1 Å². The Labute approximate surface area is 203 Å². The van der Waals surface area contributed by atoms with Gasteiger partial charge in [-0.1, -0.05) is 26.0 Å². The molecule has 9 heteroatoms. The van der Waals surface area contributed by atoms with Crippen LogP contribution in [0.15, 0.2) is 59.8 Å². The van der Waals surface area contributed by atoms with Gasteiger partial charge < -0.3 is 20.3 Å². The van der Waals surface area contributed by atoms with Crippen molar-refractivity contribution in [2.45, 2.75) is 32.4 Å². The molecule has 0 unspecified atom stereocenters. The summed E-state index contributed by atoms with van der Waals surface area (Å²) in [4.78, 5) is 42.7. The van der Waals surface area contributed by atoms with Crippen molar-refractivity contribution in [1.29, 1.82) is 0 Å². The predicted octanol–water partition coefficient (Wildman–Crippen LogP) is 3.68. The summed E-state index contributed by atoms with van der Waals surface area (Å²) in [5.74, 6) is -0.276. The van der Waals surface area contributed by atoms with Crippen LogP contribution in [0, 0.1) is 11.7 Å². The van der Waals surface area contributed by atoms with Crippen molar-refractivity contribution in [3.05, 3.63) is 71.2 Å². The molecule has 0 aliphatic carbocycles. The molecule has 35 heavy (non-hydrogen) atoms. The smallest absolute Gasteiger partial charge is 0.322 e. The molecular formula is C26H29FN4O4. The second kappa shape index (κ2) is 9.77. The number of anilines is 1. The van der Waals surface area contributed by atoms with E-state index in [0.717, 1.165) is 5.56 Å². The maximum absolute atomic E-state index is 13.8. The second-order valence-electron chi connectivity index (χ2n) is 9.15. The highest BCUT2D eigenvalue weighted by Gasteiger charge is 2.46. The van der Waals surface area contributed by atoms with Gasteiger partial charge in [0.1, 0.15) is 17.6 Å². The Morgan fingerprint density at radius 2 is 1.80 bits per heavy atom. The lowest BCUT2D eigenvalue weighted by Crippen LogP contribution is -2.47. The van der Waals surface area contributed by atoms with Gasteiger partial charge in [0.15, 0.2) is 0 Å². The minimum atomic E-state index is -0.766. The fourth-order valence-corrected chi connectivity index (χ4v) is 4.47. The summed E-state index contributed by atoms with van der Waals surface area (Å²) in [7, 11) is 3.18. The van der Waals surface area contributed by atoms with Crippen LogP contribution in [0.5, 0.6) is 5.75 Å². The van der Waals surface area contributed by atoms with Crippen LogP contribution >= 0.6 is 0 Å². The lowest BCUT2D eigenvalue weighted by atomic mass is 9.95. The van der Waals surface area contributed by atoms with E-state index in [9.17, 15) is 18.8 Å². The van der Waals surface area contributed by atoms with Crippen LogP contribution in [0.1, 0.15) is 31.9 Å². The number of amides is 4. The summed E-state index contributed by atoms with van der Waals surface area (Å²) in [6.45, 7) is 4.09. The number of methoxy groups -OCH3 is 1. The Bertz CT molecular complexity index is 1160. The van der Waals surface area contributed by atoms with Crippen molar-refractivity contribution < 1.29 is 23.5 Å². The first-order valence-corrected chi connectivity index (χ1v) is 11.5. The van der Waals surface area contributed by atoms with Gasteiger partial charge in [0, 0.05) is 12.7 Å². The molecule has 2 aromatic carbocycles. The molecule has 2 heterocycles. The summed E-state index contributed by atoms with van der Waals surface area (Å²) < 4.78 is 18.5. The van der Waals surface area contributed by atoms with E-state index < -0.39 is 17.9 Å². The number of likely N-dealkylation sites (N-methyl/N-ethyl adjacent to an activating group) is 1. The lowest BCUT2D eigenvalue weighted by Gasteiger charge is -2.31. The number of rotatable bonds is 7. The summed E-state index contributed by atoms with van der Waals surface area (Å²) in [5, 5.41) is 5.70. The zero-order valence-electron chi connectivity index (χ0n) is 20.2. The van der Waals surface area contributed by atoms with Crippen molar-refractivity contribution in [2.24, 2.45) is 5.92 Å². The number of benzene rings is 2. The van der Waals surface area contributed by atoms with Gasteiger partial charge in [0.05, 0.1) is 31.0 Å². The number of nitrogens with one attached hydrogen (secondary N) is 2. The molecule has 4 rings (SSSR count). The van der Waals surface area contributed by atoms with Gasteiger partial charge in [-0.05, 0) is 54.3 Å². The molecule has 4 amide bonds. The first kappa shape index (κ1) is 24.3.